The summed E-state index contributed by atoms with van der Waals surface area (Å²) in [6.45, 7) is 0. The van der Waals surface area contributed by atoms with Crippen LogP contribution in [0.3, 0.4) is 0 Å². The zero-order valence-corrected chi connectivity index (χ0v) is 6.52. The molecule has 0 amide bonds. The van der Waals surface area contributed by atoms with Crippen LogP contribution in [0.2, 0.25) is 5.02 Å². The van der Waals surface area contributed by atoms with Gasteiger partial charge in [0.2, 0.25) is 0 Å². The van der Waals surface area contributed by atoms with Crippen molar-refractivity contribution >= 4 is 23.1 Å². The van der Waals surface area contributed by atoms with Crippen LogP contribution in [0.4, 0.5) is 5.69 Å². The van der Waals surface area contributed by atoms with Gasteiger partial charge in [-0.15, -0.1) is 0 Å². The van der Waals surface area contributed by atoms with Gasteiger partial charge < -0.3 is 11.5 Å². The SMILES string of the molecule is N=C(N)c1cc(N)ccc1Cl. The smallest absolute Gasteiger partial charge is 0.124 e. The number of halogens is 1. The Morgan fingerprint density at radius 1 is 1.45 bits per heavy atom. The highest BCUT2D eigenvalue weighted by Gasteiger charge is 2.02. The lowest BCUT2D eigenvalue weighted by atomic mass is 10.2. The van der Waals surface area contributed by atoms with Crippen LogP contribution in [0.1, 0.15) is 5.56 Å². The first-order valence-corrected chi connectivity index (χ1v) is 3.38. The van der Waals surface area contributed by atoms with Crippen LogP contribution < -0.4 is 11.5 Å². The molecule has 5 N–H and O–H groups in total. The summed E-state index contributed by atoms with van der Waals surface area (Å²) in [5, 5.41) is 7.56. The Kier molecular flexibility index (Phi) is 2.01. The lowest BCUT2D eigenvalue weighted by Gasteiger charge is -2.01. The van der Waals surface area contributed by atoms with Crippen molar-refractivity contribution in [1.29, 1.82) is 5.41 Å². The zero-order valence-electron chi connectivity index (χ0n) is 5.76. The van der Waals surface area contributed by atoms with E-state index in [9.17, 15) is 0 Å². The molecular weight excluding hydrogens is 162 g/mol. The predicted octanol–water partition coefficient (Wildman–Crippen LogP) is 1.21. The Labute approximate surface area is 69.5 Å². The Morgan fingerprint density at radius 2 is 2.09 bits per heavy atom. The monoisotopic (exact) mass is 169 g/mol. The molecule has 0 aliphatic carbocycles. The van der Waals surface area contributed by atoms with Crippen LogP contribution in [0, 0.1) is 5.41 Å². The summed E-state index contributed by atoms with van der Waals surface area (Å²) >= 11 is 5.71. The van der Waals surface area contributed by atoms with E-state index in [0.717, 1.165) is 0 Å². The number of nitrogens with one attached hydrogen (secondary N) is 1. The highest BCUT2D eigenvalue weighted by Crippen LogP contribution is 2.17. The van der Waals surface area contributed by atoms with Gasteiger partial charge in [-0.3, -0.25) is 5.41 Å². The molecule has 1 rings (SSSR count). The number of hydrogen-bond donors (Lipinski definition) is 3. The topological polar surface area (TPSA) is 75.9 Å². The molecule has 0 aliphatic heterocycles. The summed E-state index contributed by atoms with van der Waals surface area (Å²) in [6.07, 6.45) is 0. The van der Waals surface area contributed by atoms with E-state index in [-0.39, 0.29) is 5.84 Å². The molecule has 4 heteroatoms. The first kappa shape index (κ1) is 7.88. The van der Waals surface area contributed by atoms with E-state index in [1.54, 1.807) is 18.2 Å². The fourth-order valence-electron chi connectivity index (χ4n) is 0.749. The van der Waals surface area contributed by atoms with E-state index in [1.165, 1.54) is 0 Å². The maximum atomic E-state index is 7.11. The van der Waals surface area contributed by atoms with Gasteiger partial charge >= 0.3 is 0 Å². The molecule has 0 bridgehead atoms. The average Bonchev–Trinajstić information content (AvgIpc) is 1.94. The van der Waals surface area contributed by atoms with E-state index < -0.39 is 0 Å². The molecule has 0 aliphatic rings. The molecule has 0 saturated heterocycles. The number of nitrogen functional groups attached to an aromatic ring is 2. The molecule has 0 aromatic heterocycles. The molecule has 11 heavy (non-hydrogen) atoms. The number of rotatable bonds is 1. The van der Waals surface area contributed by atoms with Gasteiger partial charge in [0.25, 0.3) is 0 Å². The fourth-order valence-corrected chi connectivity index (χ4v) is 0.969. The summed E-state index contributed by atoms with van der Waals surface area (Å²) in [4.78, 5) is 0. The third kappa shape index (κ3) is 1.62. The molecular formula is C7H8ClN3. The van der Waals surface area contributed by atoms with Crippen molar-refractivity contribution in [1.82, 2.24) is 0 Å². The van der Waals surface area contributed by atoms with Crippen LogP contribution in [-0.4, -0.2) is 5.84 Å². The normalized spacial score (nSPS) is 9.55. The molecule has 3 nitrogen and oxygen atoms in total. The summed E-state index contributed by atoms with van der Waals surface area (Å²) in [5.74, 6) is -0.0673. The average molecular weight is 170 g/mol. The molecule has 0 unspecified atom stereocenters. The molecule has 58 valence electrons. The lowest BCUT2D eigenvalue weighted by molar-refractivity contribution is 1.42. The van der Waals surface area contributed by atoms with Crippen molar-refractivity contribution < 1.29 is 0 Å². The predicted molar refractivity (Wildman–Crippen MR) is 46.9 cm³/mol. The minimum Gasteiger partial charge on any atom is -0.399 e. The highest BCUT2D eigenvalue weighted by molar-refractivity contribution is 6.34. The minimum atomic E-state index is -0.0673. The number of benzene rings is 1. The summed E-state index contributed by atoms with van der Waals surface area (Å²) < 4.78 is 0. The second kappa shape index (κ2) is 2.80. The van der Waals surface area contributed by atoms with Gasteiger partial charge in [-0.2, -0.15) is 0 Å². The summed E-state index contributed by atoms with van der Waals surface area (Å²) in [7, 11) is 0. The van der Waals surface area contributed by atoms with Crippen LogP contribution in [0.25, 0.3) is 0 Å². The van der Waals surface area contributed by atoms with Crippen molar-refractivity contribution in [2.45, 2.75) is 0 Å². The number of amidine groups is 1. The first-order valence-electron chi connectivity index (χ1n) is 3.00. The van der Waals surface area contributed by atoms with Crippen LogP contribution in [0.15, 0.2) is 18.2 Å². The zero-order chi connectivity index (χ0) is 8.43. The summed E-state index contributed by atoms with van der Waals surface area (Å²) in [5.41, 5.74) is 11.7. The molecule has 0 spiro atoms. The molecule has 0 saturated carbocycles. The third-order valence-corrected chi connectivity index (χ3v) is 1.61. The van der Waals surface area contributed by atoms with Gasteiger partial charge in [-0.25, -0.2) is 0 Å². The Bertz CT molecular complexity index is 296. The fraction of sp³-hybridized carbons (Fsp3) is 0. The van der Waals surface area contributed by atoms with E-state index >= 15 is 0 Å². The standard InChI is InChI=1S/C7H8ClN3/c8-6-2-1-4(9)3-5(6)7(10)11/h1-3H,9H2,(H3,10,11). The van der Waals surface area contributed by atoms with Crippen LogP contribution in [0.5, 0.6) is 0 Å². The van der Waals surface area contributed by atoms with Crippen molar-refractivity contribution in [3.63, 3.8) is 0 Å². The van der Waals surface area contributed by atoms with Crippen molar-refractivity contribution in [3.05, 3.63) is 28.8 Å². The molecule has 0 heterocycles. The van der Waals surface area contributed by atoms with Gasteiger partial charge in [0.15, 0.2) is 0 Å². The van der Waals surface area contributed by atoms with E-state index in [1.807, 2.05) is 0 Å². The molecule has 0 atom stereocenters. The van der Waals surface area contributed by atoms with Gasteiger partial charge in [0, 0.05) is 11.3 Å². The minimum absolute atomic E-state index is 0.0673. The lowest BCUT2D eigenvalue weighted by Crippen LogP contribution is -2.11. The number of nitrogens with two attached hydrogens (primary N) is 2. The highest BCUT2D eigenvalue weighted by atomic mass is 35.5. The Morgan fingerprint density at radius 3 is 2.55 bits per heavy atom. The third-order valence-electron chi connectivity index (χ3n) is 1.28. The van der Waals surface area contributed by atoms with Gasteiger partial charge in [-0.05, 0) is 18.2 Å². The van der Waals surface area contributed by atoms with Gasteiger partial charge in [-0.1, -0.05) is 11.6 Å². The van der Waals surface area contributed by atoms with E-state index in [0.29, 0.717) is 16.3 Å². The molecule has 1 aromatic rings. The Hall–Kier alpha value is -1.22. The maximum Gasteiger partial charge on any atom is 0.124 e. The number of hydrogen-bond acceptors (Lipinski definition) is 2. The largest absolute Gasteiger partial charge is 0.399 e. The summed E-state index contributed by atoms with van der Waals surface area (Å²) in [6, 6.07) is 4.85. The van der Waals surface area contributed by atoms with E-state index in [2.05, 4.69) is 0 Å². The first-order chi connectivity index (χ1) is 5.11. The number of anilines is 1. The quantitative estimate of drug-likeness (QED) is 0.336. The Balaban J connectivity index is 3.23. The van der Waals surface area contributed by atoms with E-state index in [4.69, 9.17) is 28.5 Å². The second-order valence-electron chi connectivity index (χ2n) is 2.15. The molecule has 0 fully saturated rings. The maximum absolute atomic E-state index is 7.11. The molecule has 1 aromatic carbocycles. The van der Waals surface area contributed by atoms with Crippen molar-refractivity contribution in [2.75, 3.05) is 5.73 Å². The van der Waals surface area contributed by atoms with Crippen molar-refractivity contribution in [3.8, 4) is 0 Å². The van der Waals surface area contributed by atoms with Gasteiger partial charge in [0.05, 0.1) is 5.02 Å². The van der Waals surface area contributed by atoms with Gasteiger partial charge in [0.1, 0.15) is 5.84 Å². The van der Waals surface area contributed by atoms with Crippen molar-refractivity contribution in [2.24, 2.45) is 5.73 Å². The second-order valence-corrected chi connectivity index (χ2v) is 2.56. The van der Waals surface area contributed by atoms with Crippen LogP contribution >= 0.6 is 11.6 Å². The van der Waals surface area contributed by atoms with Crippen LogP contribution in [-0.2, 0) is 0 Å². The molecule has 0 radical (unpaired) electrons.